The summed E-state index contributed by atoms with van der Waals surface area (Å²) >= 11 is 0. The topological polar surface area (TPSA) is 0 Å². The maximum Gasteiger partial charge on any atom is -0.00298 e. The van der Waals surface area contributed by atoms with Crippen LogP contribution in [0.4, 0.5) is 0 Å². The number of benzene rings is 3. The minimum absolute atomic E-state index is 1.11. The maximum absolute atomic E-state index is 2.46. The molecule has 0 fully saturated rings. The normalized spacial score (nSPS) is 12.8. The largest absolute Gasteiger partial charge is 0.0652 e. The lowest BCUT2D eigenvalue weighted by Crippen LogP contribution is -1.93. The average molecular weight is 338 g/mol. The van der Waals surface area contributed by atoms with Crippen LogP contribution in [-0.2, 0) is 6.42 Å². The van der Waals surface area contributed by atoms with Gasteiger partial charge in [-0.3, -0.25) is 0 Å². The monoisotopic (exact) mass is 338 g/mol. The second-order valence-corrected chi connectivity index (χ2v) is 7.53. The Labute approximate surface area is 157 Å². The first kappa shape index (κ1) is 16.8. The quantitative estimate of drug-likeness (QED) is 0.465. The molecule has 0 saturated carbocycles. The van der Waals surface area contributed by atoms with E-state index in [2.05, 4.69) is 87.5 Å². The fourth-order valence-electron chi connectivity index (χ4n) is 4.25. The molecular weight excluding hydrogens is 312 g/mol. The first-order valence-electron chi connectivity index (χ1n) is 9.65. The van der Waals surface area contributed by atoms with Crippen LogP contribution in [-0.4, -0.2) is 0 Å². The van der Waals surface area contributed by atoms with Gasteiger partial charge < -0.3 is 0 Å². The number of fused-ring (bicyclic) bond motifs is 1. The van der Waals surface area contributed by atoms with Crippen molar-refractivity contribution in [1.82, 2.24) is 0 Å². The molecule has 4 rings (SSSR count). The van der Waals surface area contributed by atoms with Crippen LogP contribution in [0.1, 0.15) is 42.0 Å². The lowest BCUT2D eigenvalue weighted by molar-refractivity contribution is 0.886. The van der Waals surface area contributed by atoms with Gasteiger partial charge in [0.1, 0.15) is 0 Å². The first-order valence-corrected chi connectivity index (χ1v) is 9.65. The number of hydrogen-bond acceptors (Lipinski definition) is 0. The minimum atomic E-state index is 1.11. The van der Waals surface area contributed by atoms with Gasteiger partial charge in [-0.05, 0) is 60.1 Å². The van der Waals surface area contributed by atoms with Gasteiger partial charge in [0.25, 0.3) is 0 Å². The van der Waals surface area contributed by atoms with E-state index in [-0.39, 0.29) is 0 Å². The van der Waals surface area contributed by atoms with Crippen molar-refractivity contribution in [3.63, 3.8) is 0 Å². The van der Waals surface area contributed by atoms with Gasteiger partial charge in [0.2, 0.25) is 0 Å². The van der Waals surface area contributed by atoms with Crippen LogP contribution in [0.5, 0.6) is 0 Å². The molecule has 0 N–H and O–H groups in total. The summed E-state index contributed by atoms with van der Waals surface area (Å²) in [7, 11) is 0. The fraction of sp³-hybridized carbons (Fsp3) is 0.231. The molecule has 0 heterocycles. The van der Waals surface area contributed by atoms with Gasteiger partial charge in [-0.1, -0.05) is 96.8 Å². The second-order valence-electron chi connectivity index (χ2n) is 7.53. The summed E-state index contributed by atoms with van der Waals surface area (Å²) in [5.41, 5.74) is 12.5. The summed E-state index contributed by atoms with van der Waals surface area (Å²) in [4.78, 5) is 0. The smallest absolute Gasteiger partial charge is 0.00298 e. The van der Waals surface area contributed by atoms with E-state index in [1.54, 1.807) is 5.57 Å². The highest BCUT2D eigenvalue weighted by Gasteiger charge is 2.20. The SMILES string of the molecule is CCCC1=Cc2c(ccc(-c3ccccc3)c2-c2cc(C)cc(C)c2)C1. The van der Waals surface area contributed by atoms with Crippen LogP contribution >= 0.6 is 0 Å². The van der Waals surface area contributed by atoms with Gasteiger partial charge in [0.05, 0.1) is 0 Å². The number of allylic oxidation sites excluding steroid dienone is 1. The van der Waals surface area contributed by atoms with Gasteiger partial charge >= 0.3 is 0 Å². The molecule has 0 amide bonds. The predicted molar refractivity (Wildman–Crippen MR) is 113 cm³/mol. The molecule has 26 heavy (non-hydrogen) atoms. The molecule has 0 bridgehead atoms. The Kier molecular flexibility index (Phi) is 4.51. The summed E-state index contributed by atoms with van der Waals surface area (Å²) in [6.07, 6.45) is 5.97. The molecule has 0 aliphatic heterocycles. The highest BCUT2D eigenvalue weighted by atomic mass is 14.2. The van der Waals surface area contributed by atoms with Crippen LogP contribution in [0.15, 0.2) is 66.2 Å². The molecule has 130 valence electrons. The van der Waals surface area contributed by atoms with Crippen molar-refractivity contribution >= 4 is 6.08 Å². The molecule has 3 aromatic rings. The van der Waals surface area contributed by atoms with Gasteiger partial charge in [-0.15, -0.1) is 0 Å². The molecule has 1 aliphatic carbocycles. The third-order valence-electron chi connectivity index (χ3n) is 5.27. The molecule has 0 atom stereocenters. The van der Waals surface area contributed by atoms with E-state index in [0.717, 1.165) is 6.42 Å². The molecule has 3 aromatic carbocycles. The molecule has 0 radical (unpaired) electrons. The number of rotatable bonds is 4. The second kappa shape index (κ2) is 6.96. The Bertz CT molecular complexity index is 954. The van der Waals surface area contributed by atoms with E-state index in [1.807, 2.05) is 0 Å². The summed E-state index contributed by atoms with van der Waals surface area (Å²) in [6.45, 7) is 6.66. The van der Waals surface area contributed by atoms with Crippen molar-refractivity contribution in [2.45, 2.75) is 40.0 Å². The van der Waals surface area contributed by atoms with E-state index in [4.69, 9.17) is 0 Å². The van der Waals surface area contributed by atoms with Crippen molar-refractivity contribution in [1.29, 1.82) is 0 Å². The van der Waals surface area contributed by atoms with Crippen LogP contribution in [0.3, 0.4) is 0 Å². The third-order valence-corrected chi connectivity index (χ3v) is 5.27. The predicted octanol–water partition coefficient (Wildman–Crippen LogP) is 7.38. The fourth-order valence-corrected chi connectivity index (χ4v) is 4.25. The highest BCUT2D eigenvalue weighted by molar-refractivity contribution is 5.92. The Balaban J connectivity index is 1.99. The summed E-state index contributed by atoms with van der Waals surface area (Å²) in [5.74, 6) is 0. The average Bonchev–Trinajstić information content (AvgIpc) is 3.03. The van der Waals surface area contributed by atoms with Gasteiger partial charge in [-0.2, -0.15) is 0 Å². The zero-order valence-electron chi connectivity index (χ0n) is 16.0. The summed E-state index contributed by atoms with van der Waals surface area (Å²) in [6, 6.07) is 22.4. The standard InChI is InChI=1S/C26H26/c1-4-8-20-16-22-11-12-24(21-9-6-5-7-10-21)26(25(22)17-20)23-14-18(2)13-19(3)15-23/h5-7,9-15,17H,4,8,16H2,1-3H3. The zero-order valence-corrected chi connectivity index (χ0v) is 16.0. The van der Waals surface area contributed by atoms with Gasteiger partial charge in [0, 0.05) is 0 Å². The molecule has 0 aromatic heterocycles. The number of aryl methyl sites for hydroxylation is 2. The molecule has 0 nitrogen and oxygen atoms in total. The van der Waals surface area contributed by atoms with Crippen LogP contribution in [0.25, 0.3) is 28.3 Å². The van der Waals surface area contributed by atoms with Gasteiger partial charge in [-0.25, -0.2) is 0 Å². The number of hydrogen-bond donors (Lipinski definition) is 0. The molecule has 0 unspecified atom stereocenters. The molecular formula is C26H26. The Hall–Kier alpha value is -2.60. The first-order chi connectivity index (χ1) is 12.7. The Morgan fingerprint density at radius 3 is 2.23 bits per heavy atom. The van der Waals surface area contributed by atoms with Crippen molar-refractivity contribution in [3.8, 4) is 22.3 Å². The lowest BCUT2D eigenvalue weighted by atomic mass is 9.87. The van der Waals surface area contributed by atoms with E-state index in [1.165, 1.54) is 57.3 Å². The van der Waals surface area contributed by atoms with Crippen molar-refractivity contribution < 1.29 is 0 Å². The van der Waals surface area contributed by atoms with E-state index in [9.17, 15) is 0 Å². The van der Waals surface area contributed by atoms with Crippen molar-refractivity contribution in [3.05, 3.63) is 88.5 Å². The van der Waals surface area contributed by atoms with Crippen LogP contribution < -0.4 is 0 Å². The Morgan fingerprint density at radius 1 is 0.808 bits per heavy atom. The van der Waals surface area contributed by atoms with E-state index < -0.39 is 0 Å². The third kappa shape index (κ3) is 3.12. The minimum Gasteiger partial charge on any atom is -0.0652 e. The zero-order chi connectivity index (χ0) is 18.1. The van der Waals surface area contributed by atoms with Gasteiger partial charge in [0.15, 0.2) is 0 Å². The summed E-state index contributed by atoms with van der Waals surface area (Å²) in [5, 5.41) is 0. The van der Waals surface area contributed by atoms with Crippen molar-refractivity contribution in [2.75, 3.05) is 0 Å². The highest BCUT2D eigenvalue weighted by Crippen LogP contribution is 2.42. The lowest BCUT2D eigenvalue weighted by Gasteiger charge is -2.16. The van der Waals surface area contributed by atoms with E-state index >= 15 is 0 Å². The molecule has 0 spiro atoms. The van der Waals surface area contributed by atoms with Crippen molar-refractivity contribution in [2.24, 2.45) is 0 Å². The molecule has 1 aliphatic rings. The van der Waals surface area contributed by atoms with Crippen LogP contribution in [0, 0.1) is 13.8 Å². The van der Waals surface area contributed by atoms with E-state index in [0.29, 0.717) is 0 Å². The maximum atomic E-state index is 2.46. The molecule has 0 saturated heterocycles. The van der Waals surface area contributed by atoms with Crippen LogP contribution in [0.2, 0.25) is 0 Å². The molecule has 0 heteroatoms. The Morgan fingerprint density at radius 2 is 1.54 bits per heavy atom. The summed E-state index contributed by atoms with van der Waals surface area (Å²) < 4.78 is 0.